The zero-order valence-electron chi connectivity index (χ0n) is 19.5. The van der Waals surface area contributed by atoms with Crippen molar-refractivity contribution in [2.24, 2.45) is 0 Å². The largest absolute Gasteiger partial charge is 0.351 e. The fourth-order valence-electron chi connectivity index (χ4n) is 4.53. The average molecular weight is 479 g/mol. The van der Waals surface area contributed by atoms with Crippen LogP contribution in [0.3, 0.4) is 0 Å². The number of thiophene rings is 1. The van der Waals surface area contributed by atoms with Gasteiger partial charge in [0.2, 0.25) is 11.8 Å². The summed E-state index contributed by atoms with van der Waals surface area (Å²) in [4.78, 5) is 29.0. The van der Waals surface area contributed by atoms with E-state index in [1.54, 1.807) is 28.4 Å². The van der Waals surface area contributed by atoms with Crippen LogP contribution < -0.4 is 5.32 Å². The standard InChI is InChI=1S/C28H31FN2O2S/c1-20-7-9-21(10-8-20)18-31(26(32)17-22-15-16-34-19-22)27(23-11-13-24(29)14-12-23)28(33)30-25-5-3-2-4-6-25/h7-16,19,25,27H,2-6,17-18H2,1H3,(H,30,33)/t27-/m1/s1. The lowest BCUT2D eigenvalue weighted by molar-refractivity contribution is -0.141. The van der Waals surface area contributed by atoms with Crippen LogP contribution >= 0.6 is 11.3 Å². The van der Waals surface area contributed by atoms with E-state index in [4.69, 9.17) is 0 Å². The van der Waals surface area contributed by atoms with Gasteiger partial charge >= 0.3 is 0 Å². The van der Waals surface area contributed by atoms with Gasteiger partial charge in [-0.1, -0.05) is 61.2 Å². The Morgan fingerprint density at radius 1 is 1.00 bits per heavy atom. The number of halogens is 1. The fourth-order valence-corrected chi connectivity index (χ4v) is 5.20. The minimum absolute atomic E-state index is 0.109. The molecule has 1 heterocycles. The topological polar surface area (TPSA) is 49.4 Å². The molecule has 4 nitrogen and oxygen atoms in total. The van der Waals surface area contributed by atoms with E-state index in [1.165, 1.54) is 18.6 Å². The van der Waals surface area contributed by atoms with Crippen LogP contribution in [-0.2, 0) is 22.6 Å². The normalized spacial score (nSPS) is 15.0. The number of carbonyl (C=O) groups is 2. The first-order chi connectivity index (χ1) is 16.5. The number of hydrogen-bond acceptors (Lipinski definition) is 3. The predicted octanol–water partition coefficient (Wildman–Crippen LogP) is 5.96. The van der Waals surface area contributed by atoms with Gasteiger partial charge in [-0.25, -0.2) is 4.39 Å². The predicted molar refractivity (Wildman–Crippen MR) is 134 cm³/mol. The van der Waals surface area contributed by atoms with Crippen molar-refractivity contribution in [1.82, 2.24) is 10.2 Å². The Hall–Kier alpha value is -2.99. The molecule has 6 heteroatoms. The van der Waals surface area contributed by atoms with Crippen molar-refractivity contribution in [3.63, 3.8) is 0 Å². The molecule has 1 fully saturated rings. The SMILES string of the molecule is Cc1ccc(CN(C(=O)Cc2ccsc2)[C@@H](C(=O)NC2CCCCC2)c2ccc(F)cc2)cc1. The van der Waals surface area contributed by atoms with Gasteiger partial charge in [-0.2, -0.15) is 11.3 Å². The molecule has 2 amide bonds. The van der Waals surface area contributed by atoms with Crippen LogP contribution in [0.5, 0.6) is 0 Å². The van der Waals surface area contributed by atoms with Gasteiger partial charge in [-0.15, -0.1) is 0 Å². The maximum Gasteiger partial charge on any atom is 0.247 e. The zero-order chi connectivity index (χ0) is 23.9. The number of carbonyl (C=O) groups excluding carboxylic acids is 2. The monoisotopic (exact) mass is 478 g/mol. The summed E-state index contributed by atoms with van der Waals surface area (Å²) in [5.74, 6) is -0.707. The molecule has 0 aliphatic heterocycles. The number of rotatable bonds is 8. The van der Waals surface area contributed by atoms with Gasteiger partial charge in [0.05, 0.1) is 6.42 Å². The minimum atomic E-state index is -0.838. The third-order valence-electron chi connectivity index (χ3n) is 6.43. The molecular weight excluding hydrogens is 447 g/mol. The molecule has 1 N–H and O–H groups in total. The lowest BCUT2D eigenvalue weighted by Gasteiger charge is -2.33. The van der Waals surface area contributed by atoms with Gasteiger partial charge in [-0.3, -0.25) is 9.59 Å². The van der Waals surface area contributed by atoms with E-state index >= 15 is 0 Å². The van der Waals surface area contributed by atoms with Crippen LogP contribution in [0.2, 0.25) is 0 Å². The van der Waals surface area contributed by atoms with Crippen molar-refractivity contribution in [3.05, 3.63) is 93.4 Å². The van der Waals surface area contributed by atoms with E-state index in [0.29, 0.717) is 12.1 Å². The van der Waals surface area contributed by atoms with Crippen molar-refractivity contribution >= 4 is 23.2 Å². The zero-order valence-corrected chi connectivity index (χ0v) is 20.3. The summed E-state index contributed by atoms with van der Waals surface area (Å²) in [6.45, 7) is 2.31. The van der Waals surface area contributed by atoms with Crippen molar-refractivity contribution in [3.8, 4) is 0 Å². The average Bonchev–Trinajstić information content (AvgIpc) is 3.35. The van der Waals surface area contributed by atoms with Gasteiger partial charge in [0.15, 0.2) is 0 Å². The fraction of sp³-hybridized carbons (Fsp3) is 0.357. The highest BCUT2D eigenvalue weighted by atomic mass is 32.1. The molecule has 34 heavy (non-hydrogen) atoms. The molecule has 2 aromatic carbocycles. The number of hydrogen-bond donors (Lipinski definition) is 1. The molecule has 0 bridgehead atoms. The second kappa shape index (κ2) is 11.4. The van der Waals surface area contributed by atoms with Crippen LogP contribution in [0, 0.1) is 12.7 Å². The molecule has 1 aliphatic carbocycles. The highest BCUT2D eigenvalue weighted by Crippen LogP contribution is 2.27. The Labute approximate surface area is 204 Å². The Kier molecular flexibility index (Phi) is 8.12. The van der Waals surface area contributed by atoms with Crippen LogP contribution in [0.15, 0.2) is 65.4 Å². The summed E-state index contributed by atoms with van der Waals surface area (Å²) in [6.07, 6.45) is 5.48. The molecule has 0 spiro atoms. The smallest absolute Gasteiger partial charge is 0.247 e. The second-order valence-electron chi connectivity index (χ2n) is 9.11. The Morgan fingerprint density at radius 3 is 2.35 bits per heavy atom. The van der Waals surface area contributed by atoms with Crippen LogP contribution in [-0.4, -0.2) is 22.8 Å². The van der Waals surface area contributed by atoms with Crippen LogP contribution in [0.4, 0.5) is 4.39 Å². The van der Waals surface area contributed by atoms with Gasteiger partial charge in [0.25, 0.3) is 0 Å². The molecule has 0 radical (unpaired) electrons. The third-order valence-corrected chi connectivity index (χ3v) is 7.16. The van der Waals surface area contributed by atoms with Crippen molar-refractivity contribution < 1.29 is 14.0 Å². The molecule has 0 unspecified atom stereocenters. The highest BCUT2D eigenvalue weighted by molar-refractivity contribution is 7.08. The number of amides is 2. The summed E-state index contributed by atoms with van der Waals surface area (Å²) in [6, 6.07) is 15.1. The molecule has 1 saturated carbocycles. The third kappa shape index (κ3) is 6.32. The van der Waals surface area contributed by atoms with E-state index in [1.807, 2.05) is 48.0 Å². The molecule has 0 saturated heterocycles. The van der Waals surface area contributed by atoms with Crippen molar-refractivity contribution in [2.75, 3.05) is 0 Å². The van der Waals surface area contributed by atoms with Crippen LogP contribution in [0.25, 0.3) is 0 Å². The first-order valence-electron chi connectivity index (χ1n) is 11.9. The van der Waals surface area contributed by atoms with E-state index in [0.717, 1.165) is 42.4 Å². The summed E-state index contributed by atoms with van der Waals surface area (Å²) in [7, 11) is 0. The van der Waals surface area contributed by atoms with E-state index < -0.39 is 6.04 Å². The van der Waals surface area contributed by atoms with Gasteiger partial charge in [0, 0.05) is 12.6 Å². The maximum absolute atomic E-state index is 13.7. The molecule has 1 aromatic heterocycles. The van der Waals surface area contributed by atoms with Gasteiger partial charge in [-0.05, 0) is 65.4 Å². The summed E-state index contributed by atoms with van der Waals surface area (Å²) < 4.78 is 13.7. The molecule has 1 atom stereocenters. The molecule has 3 aromatic rings. The quantitative estimate of drug-likeness (QED) is 0.434. The lowest BCUT2D eigenvalue weighted by Crippen LogP contribution is -2.47. The Morgan fingerprint density at radius 2 is 1.71 bits per heavy atom. The number of benzene rings is 2. The van der Waals surface area contributed by atoms with E-state index in [9.17, 15) is 14.0 Å². The molecular formula is C28H31FN2O2S. The molecule has 1 aliphatic rings. The number of nitrogens with zero attached hydrogens (tertiary/aromatic N) is 1. The van der Waals surface area contributed by atoms with Gasteiger partial charge < -0.3 is 10.2 Å². The summed E-state index contributed by atoms with van der Waals surface area (Å²) >= 11 is 1.54. The van der Waals surface area contributed by atoms with Crippen molar-refractivity contribution in [1.29, 1.82) is 0 Å². The first kappa shape index (κ1) is 24.1. The Bertz CT molecular complexity index is 1070. The lowest BCUT2D eigenvalue weighted by atomic mass is 9.94. The number of nitrogens with one attached hydrogen (secondary N) is 1. The van der Waals surface area contributed by atoms with E-state index in [2.05, 4.69) is 5.32 Å². The second-order valence-corrected chi connectivity index (χ2v) is 9.89. The summed E-state index contributed by atoms with van der Waals surface area (Å²) in [5.41, 5.74) is 3.61. The maximum atomic E-state index is 13.7. The van der Waals surface area contributed by atoms with E-state index in [-0.39, 0.29) is 30.1 Å². The minimum Gasteiger partial charge on any atom is -0.351 e. The molecule has 4 rings (SSSR count). The Balaban J connectivity index is 1.68. The first-order valence-corrected chi connectivity index (χ1v) is 12.9. The number of aryl methyl sites for hydroxylation is 1. The molecule has 178 valence electrons. The highest BCUT2D eigenvalue weighted by Gasteiger charge is 2.33. The summed E-state index contributed by atoms with van der Waals surface area (Å²) in [5, 5.41) is 7.10. The van der Waals surface area contributed by atoms with Gasteiger partial charge in [0.1, 0.15) is 11.9 Å². The van der Waals surface area contributed by atoms with Crippen LogP contribution in [0.1, 0.15) is 60.4 Å². The van der Waals surface area contributed by atoms with Crippen molar-refractivity contribution in [2.45, 2.75) is 64.1 Å².